The van der Waals surface area contributed by atoms with Gasteiger partial charge in [0.25, 0.3) is 0 Å². The molecule has 0 unspecified atom stereocenters. The Morgan fingerprint density at radius 3 is 2.17 bits per heavy atom. The number of nitrogens with one attached hydrogen (secondary N) is 2. The summed E-state index contributed by atoms with van der Waals surface area (Å²) in [6, 6.07) is 6.92. The molecule has 0 bridgehead atoms. The van der Waals surface area contributed by atoms with Crippen LogP contribution in [0.2, 0.25) is 0 Å². The lowest BCUT2D eigenvalue weighted by Gasteiger charge is -2.15. The zero-order chi connectivity index (χ0) is 17.4. The van der Waals surface area contributed by atoms with Gasteiger partial charge < -0.3 is 21.1 Å². The lowest BCUT2D eigenvalue weighted by molar-refractivity contribution is -0.127. The van der Waals surface area contributed by atoms with Crippen molar-refractivity contribution in [2.24, 2.45) is 11.7 Å². The number of benzene rings is 1. The van der Waals surface area contributed by atoms with E-state index in [0.29, 0.717) is 6.54 Å². The quantitative estimate of drug-likeness (QED) is 0.659. The molecule has 4 N–H and O–H groups in total. The van der Waals surface area contributed by atoms with Crippen LogP contribution >= 0.6 is 12.4 Å². The summed E-state index contributed by atoms with van der Waals surface area (Å²) >= 11 is 0. The second-order valence-corrected chi connectivity index (χ2v) is 6.07. The predicted octanol–water partition coefficient (Wildman–Crippen LogP) is 1.61. The normalized spacial score (nSPS) is 11.6. The Bertz CT molecular complexity index is 518. The van der Waals surface area contributed by atoms with Crippen LogP contribution in [-0.4, -0.2) is 30.5 Å². The Hall–Kier alpha value is -1.79. The molecular formula is C17H28ClN3O3. The van der Waals surface area contributed by atoms with E-state index in [1.807, 2.05) is 52.0 Å². The minimum atomic E-state index is -0.601. The van der Waals surface area contributed by atoms with Crippen LogP contribution < -0.4 is 21.1 Å². The maximum Gasteiger partial charge on any atom is 0.239 e. The van der Waals surface area contributed by atoms with E-state index in [-0.39, 0.29) is 42.8 Å². The van der Waals surface area contributed by atoms with Crippen molar-refractivity contribution in [3.63, 3.8) is 0 Å². The average molecular weight is 358 g/mol. The molecule has 0 aliphatic carbocycles. The predicted molar refractivity (Wildman–Crippen MR) is 97.1 cm³/mol. The molecule has 6 nitrogen and oxygen atoms in total. The molecule has 0 aromatic heterocycles. The number of amides is 2. The van der Waals surface area contributed by atoms with E-state index in [4.69, 9.17) is 10.5 Å². The Morgan fingerprint density at radius 2 is 1.67 bits per heavy atom. The van der Waals surface area contributed by atoms with E-state index >= 15 is 0 Å². The third-order valence-electron chi connectivity index (χ3n) is 3.23. The maximum absolute atomic E-state index is 11.7. The van der Waals surface area contributed by atoms with Gasteiger partial charge in [-0.1, -0.05) is 26.0 Å². The number of rotatable bonds is 8. The second kappa shape index (κ2) is 10.9. The summed E-state index contributed by atoms with van der Waals surface area (Å²) in [5, 5.41) is 5.28. The first-order valence-corrected chi connectivity index (χ1v) is 7.85. The Balaban J connectivity index is 0.00000529. The molecule has 1 aromatic carbocycles. The number of carbonyl (C=O) groups excluding carboxylic acids is 2. The van der Waals surface area contributed by atoms with Gasteiger partial charge in [-0.15, -0.1) is 12.4 Å². The molecule has 1 rings (SSSR count). The van der Waals surface area contributed by atoms with E-state index in [0.717, 1.165) is 11.3 Å². The second-order valence-electron chi connectivity index (χ2n) is 6.07. The minimum Gasteiger partial charge on any atom is -0.491 e. The molecule has 0 aliphatic rings. The SMILES string of the molecule is CC(C)Oc1ccc(CNC(=O)CNC(=O)[C@@H](N)C(C)C)cc1.Cl. The lowest BCUT2D eigenvalue weighted by atomic mass is 10.1. The fraction of sp³-hybridized carbons (Fsp3) is 0.529. The Kier molecular flexibility index (Phi) is 10.1. The third kappa shape index (κ3) is 8.17. The highest BCUT2D eigenvalue weighted by atomic mass is 35.5. The van der Waals surface area contributed by atoms with Crippen molar-refractivity contribution in [1.29, 1.82) is 0 Å². The van der Waals surface area contributed by atoms with Crippen molar-refractivity contribution >= 4 is 24.2 Å². The zero-order valence-corrected chi connectivity index (χ0v) is 15.5. The van der Waals surface area contributed by atoms with Crippen LogP contribution in [0.5, 0.6) is 5.75 Å². The van der Waals surface area contributed by atoms with Crippen LogP contribution in [0.3, 0.4) is 0 Å². The van der Waals surface area contributed by atoms with Crippen LogP contribution in [0.25, 0.3) is 0 Å². The van der Waals surface area contributed by atoms with Gasteiger partial charge in [-0.05, 0) is 37.5 Å². The Labute approximate surface area is 149 Å². The average Bonchev–Trinajstić information content (AvgIpc) is 2.50. The third-order valence-corrected chi connectivity index (χ3v) is 3.23. The topological polar surface area (TPSA) is 93.5 Å². The molecule has 24 heavy (non-hydrogen) atoms. The lowest BCUT2D eigenvalue weighted by Crippen LogP contribution is -2.47. The van der Waals surface area contributed by atoms with Crippen LogP contribution in [0, 0.1) is 5.92 Å². The largest absolute Gasteiger partial charge is 0.491 e. The zero-order valence-electron chi connectivity index (χ0n) is 14.7. The van der Waals surface area contributed by atoms with Crippen molar-refractivity contribution < 1.29 is 14.3 Å². The molecule has 0 heterocycles. The van der Waals surface area contributed by atoms with Crippen molar-refractivity contribution in [3.8, 4) is 5.75 Å². The van der Waals surface area contributed by atoms with E-state index < -0.39 is 6.04 Å². The highest BCUT2D eigenvalue weighted by molar-refractivity contribution is 5.87. The van der Waals surface area contributed by atoms with Gasteiger partial charge in [0.1, 0.15) is 5.75 Å². The summed E-state index contributed by atoms with van der Waals surface area (Å²) in [7, 11) is 0. The monoisotopic (exact) mass is 357 g/mol. The number of hydrogen-bond donors (Lipinski definition) is 3. The van der Waals surface area contributed by atoms with Crippen LogP contribution in [0.1, 0.15) is 33.3 Å². The fourth-order valence-corrected chi connectivity index (χ4v) is 1.81. The summed E-state index contributed by atoms with van der Waals surface area (Å²) in [5.41, 5.74) is 6.66. The molecule has 0 saturated carbocycles. The van der Waals surface area contributed by atoms with E-state index in [1.54, 1.807) is 0 Å². The molecule has 0 radical (unpaired) electrons. The molecule has 2 amide bonds. The first-order valence-electron chi connectivity index (χ1n) is 7.85. The highest BCUT2D eigenvalue weighted by Crippen LogP contribution is 2.13. The maximum atomic E-state index is 11.7. The van der Waals surface area contributed by atoms with Crippen molar-refractivity contribution in [3.05, 3.63) is 29.8 Å². The summed E-state index contributed by atoms with van der Waals surface area (Å²) in [6.07, 6.45) is 0.126. The van der Waals surface area contributed by atoms with E-state index in [1.165, 1.54) is 0 Å². The Morgan fingerprint density at radius 1 is 1.08 bits per heavy atom. The molecule has 7 heteroatoms. The molecular weight excluding hydrogens is 330 g/mol. The van der Waals surface area contributed by atoms with Crippen molar-refractivity contribution in [1.82, 2.24) is 10.6 Å². The number of ether oxygens (including phenoxy) is 1. The summed E-state index contributed by atoms with van der Waals surface area (Å²) in [5.74, 6) is 0.261. The van der Waals surface area contributed by atoms with Gasteiger partial charge >= 0.3 is 0 Å². The standard InChI is InChI=1S/C17H27N3O3.ClH/c1-11(2)16(18)17(22)20-10-15(21)19-9-13-5-7-14(8-6-13)23-12(3)4;/h5-8,11-12,16H,9-10,18H2,1-4H3,(H,19,21)(H,20,22);1H/t16-;/m0./s1. The molecule has 1 aromatic rings. The van der Waals surface area contributed by atoms with Crippen LogP contribution in [-0.2, 0) is 16.1 Å². The number of hydrogen-bond acceptors (Lipinski definition) is 4. The van der Waals surface area contributed by atoms with Gasteiger partial charge in [-0.2, -0.15) is 0 Å². The van der Waals surface area contributed by atoms with Crippen molar-refractivity contribution in [2.45, 2.75) is 46.4 Å². The number of carbonyl (C=O) groups is 2. The van der Waals surface area contributed by atoms with Crippen molar-refractivity contribution in [2.75, 3.05) is 6.54 Å². The van der Waals surface area contributed by atoms with Gasteiger partial charge in [-0.25, -0.2) is 0 Å². The molecule has 1 atom stereocenters. The summed E-state index contributed by atoms with van der Waals surface area (Å²) in [4.78, 5) is 23.4. The molecule has 0 fully saturated rings. The van der Waals surface area contributed by atoms with Gasteiger partial charge in [-0.3, -0.25) is 9.59 Å². The number of nitrogens with two attached hydrogens (primary N) is 1. The van der Waals surface area contributed by atoms with Gasteiger partial charge in [0.15, 0.2) is 0 Å². The van der Waals surface area contributed by atoms with Gasteiger partial charge in [0.05, 0.1) is 18.7 Å². The van der Waals surface area contributed by atoms with E-state index in [9.17, 15) is 9.59 Å². The molecule has 0 aliphatic heterocycles. The molecule has 0 spiro atoms. The molecule has 136 valence electrons. The first kappa shape index (κ1) is 22.2. The summed E-state index contributed by atoms with van der Waals surface area (Å²) in [6.45, 7) is 7.97. The van der Waals surface area contributed by atoms with Crippen LogP contribution in [0.4, 0.5) is 0 Å². The number of halogens is 1. The fourth-order valence-electron chi connectivity index (χ4n) is 1.81. The van der Waals surface area contributed by atoms with Crippen LogP contribution in [0.15, 0.2) is 24.3 Å². The first-order chi connectivity index (χ1) is 10.8. The summed E-state index contributed by atoms with van der Waals surface area (Å²) < 4.78 is 5.55. The minimum absolute atomic E-state index is 0. The van der Waals surface area contributed by atoms with Gasteiger partial charge in [0, 0.05) is 6.54 Å². The molecule has 0 saturated heterocycles. The smallest absolute Gasteiger partial charge is 0.239 e. The van der Waals surface area contributed by atoms with E-state index in [2.05, 4.69) is 10.6 Å². The highest BCUT2D eigenvalue weighted by Gasteiger charge is 2.17. The van der Waals surface area contributed by atoms with Gasteiger partial charge in [0.2, 0.25) is 11.8 Å².